The molecule has 61 heavy (non-hydrogen) atoms. The number of fused-ring (bicyclic) bond motifs is 8. The van der Waals surface area contributed by atoms with E-state index in [0.29, 0.717) is 0 Å². The van der Waals surface area contributed by atoms with Gasteiger partial charge in [0.1, 0.15) is 5.82 Å². The Morgan fingerprint density at radius 1 is 0.377 bits per heavy atom. The molecule has 0 unspecified atom stereocenters. The fraction of sp³-hybridized carbons (Fsp3) is 0.0517. The first-order valence-electron chi connectivity index (χ1n) is 21.1. The molecule has 1 aromatic heterocycles. The monoisotopic (exact) mass is 779 g/mol. The van der Waals surface area contributed by atoms with Gasteiger partial charge >= 0.3 is 0 Å². The molecule has 288 valence electrons. The molecular formula is C58H41N3. The summed E-state index contributed by atoms with van der Waals surface area (Å²) in [6, 6.07) is 77.3. The summed E-state index contributed by atoms with van der Waals surface area (Å²) < 4.78 is 2.38. The molecule has 0 atom stereocenters. The number of anilines is 3. The van der Waals surface area contributed by atoms with Gasteiger partial charge in [0, 0.05) is 39.2 Å². The van der Waals surface area contributed by atoms with Gasteiger partial charge in [-0.2, -0.15) is 0 Å². The van der Waals surface area contributed by atoms with E-state index in [1.807, 2.05) is 0 Å². The van der Waals surface area contributed by atoms with Crippen LogP contribution in [0.4, 0.5) is 17.1 Å². The normalized spacial score (nSPS) is 12.9. The molecule has 3 nitrogen and oxygen atoms in total. The third-order valence-corrected chi connectivity index (χ3v) is 12.9. The molecule has 1 aliphatic heterocycles. The quantitative estimate of drug-likeness (QED) is 0.168. The van der Waals surface area contributed by atoms with E-state index in [2.05, 4.69) is 236 Å². The first-order chi connectivity index (χ1) is 30.0. The zero-order valence-electron chi connectivity index (χ0n) is 34.0. The van der Waals surface area contributed by atoms with Crippen molar-refractivity contribution in [3.05, 3.63) is 223 Å². The van der Waals surface area contributed by atoms with E-state index in [1.54, 1.807) is 0 Å². The average molecular weight is 780 g/mol. The zero-order valence-corrected chi connectivity index (χ0v) is 34.0. The number of benzene rings is 9. The number of hydrogen-bond acceptors (Lipinski definition) is 2. The van der Waals surface area contributed by atoms with Crippen molar-refractivity contribution < 1.29 is 0 Å². The highest BCUT2D eigenvalue weighted by molar-refractivity contribution is 6.04. The van der Waals surface area contributed by atoms with Crippen LogP contribution < -0.4 is 4.90 Å². The Morgan fingerprint density at radius 2 is 0.934 bits per heavy atom. The molecular weight excluding hydrogens is 739 g/mol. The van der Waals surface area contributed by atoms with E-state index in [0.717, 1.165) is 56.3 Å². The Bertz CT molecular complexity index is 3330. The number of nitrogens with zero attached hydrogens (tertiary/aromatic N) is 3. The van der Waals surface area contributed by atoms with E-state index in [1.165, 1.54) is 55.6 Å². The molecule has 0 fully saturated rings. The number of rotatable bonds is 6. The van der Waals surface area contributed by atoms with Crippen LogP contribution in [-0.2, 0) is 5.41 Å². The van der Waals surface area contributed by atoms with Gasteiger partial charge in [-0.25, -0.2) is 4.98 Å². The van der Waals surface area contributed by atoms with Gasteiger partial charge in [-0.05, 0) is 110 Å². The summed E-state index contributed by atoms with van der Waals surface area (Å²) in [7, 11) is 0. The smallest absolute Gasteiger partial charge is 0.145 e. The van der Waals surface area contributed by atoms with E-state index in [-0.39, 0.29) is 5.41 Å². The molecule has 10 aromatic rings. The Labute approximate surface area is 356 Å². The number of aromatic nitrogens is 2. The lowest BCUT2D eigenvalue weighted by atomic mass is 9.82. The van der Waals surface area contributed by atoms with Crippen molar-refractivity contribution in [3.8, 4) is 72.7 Å². The minimum atomic E-state index is -0.118. The van der Waals surface area contributed by atoms with Gasteiger partial charge in [0.2, 0.25) is 0 Å². The van der Waals surface area contributed by atoms with Crippen molar-refractivity contribution >= 4 is 28.1 Å². The van der Waals surface area contributed by atoms with Gasteiger partial charge in [-0.3, -0.25) is 4.57 Å². The van der Waals surface area contributed by atoms with Crippen LogP contribution >= 0.6 is 0 Å². The van der Waals surface area contributed by atoms with Gasteiger partial charge in [-0.1, -0.05) is 172 Å². The fourth-order valence-corrected chi connectivity index (χ4v) is 10.00. The maximum Gasteiger partial charge on any atom is 0.145 e. The SMILES string of the molecule is CC1(C)c2ccccc2-c2ccc(N(c3ccc(-c4ccccc4)cc3)c3cccc(-c4cccc(-c5nc6cccc7c6n5-c5ccccc5-c5ccccc5-7)c4)c3)cc21. The minimum absolute atomic E-state index is 0.118. The first kappa shape index (κ1) is 35.2. The largest absolute Gasteiger partial charge is 0.310 e. The molecule has 0 saturated heterocycles. The summed E-state index contributed by atoms with van der Waals surface area (Å²) in [6.07, 6.45) is 0. The van der Waals surface area contributed by atoms with E-state index in [4.69, 9.17) is 4.98 Å². The lowest BCUT2D eigenvalue weighted by Gasteiger charge is -2.28. The van der Waals surface area contributed by atoms with Crippen molar-refractivity contribution in [1.82, 2.24) is 9.55 Å². The second kappa shape index (κ2) is 13.7. The summed E-state index contributed by atoms with van der Waals surface area (Å²) in [6.45, 7) is 4.70. The molecule has 0 bridgehead atoms. The third kappa shape index (κ3) is 5.55. The highest BCUT2D eigenvalue weighted by Gasteiger charge is 2.36. The molecule has 0 spiro atoms. The predicted molar refractivity (Wildman–Crippen MR) is 254 cm³/mol. The molecule has 1 aliphatic carbocycles. The van der Waals surface area contributed by atoms with E-state index in [9.17, 15) is 0 Å². The zero-order chi connectivity index (χ0) is 40.7. The van der Waals surface area contributed by atoms with E-state index >= 15 is 0 Å². The lowest BCUT2D eigenvalue weighted by molar-refractivity contribution is 0.660. The Hall–Kier alpha value is -7.75. The summed E-state index contributed by atoms with van der Waals surface area (Å²) in [5, 5.41) is 0. The van der Waals surface area contributed by atoms with Gasteiger partial charge < -0.3 is 4.90 Å². The van der Waals surface area contributed by atoms with Crippen molar-refractivity contribution in [2.75, 3.05) is 4.90 Å². The second-order valence-corrected chi connectivity index (χ2v) is 16.8. The van der Waals surface area contributed by atoms with Crippen LogP contribution in [0.25, 0.3) is 83.7 Å². The molecule has 3 heteroatoms. The fourth-order valence-electron chi connectivity index (χ4n) is 10.00. The Morgan fingerprint density at radius 3 is 1.75 bits per heavy atom. The minimum Gasteiger partial charge on any atom is -0.310 e. The predicted octanol–water partition coefficient (Wildman–Crippen LogP) is 15.4. The van der Waals surface area contributed by atoms with E-state index < -0.39 is 0 Å². The second-order valence-electron chi connectivity index (χ2n) is 16.8. The van der Waals surface area contributed by atoms with Crippen LogP contribution in [0.2, 0.25) is 0 Å². The molecule has 0 N–H and O–H groups in total. The van der Waals surface area contributed by atoms with Crippen LogP contribution in [0.15, 0.2) is 212 Å². The summed E-state index contributed by atoms with van der Waals surface area (Å²) >= 11 is 0. The molecule has 9 aromatic carbocycles. The standard InChI is InChI=1S/C58H41N3/c1-58(2)52-26-10-8-23-48(52)49-34-33-45(37-53(49)58)60(43-31-29-39(30-32-43)38-15-4-3-5-16-38)44-20-13-18-41(36-44)40-17-12-19-42(35-40)57-59-54-27-14-25-51-47-22-7-6-21-46(47)50-24-9-11-28-55(50)61(57)56(51)54/h3-37H,1-2H3. The topological polar surface area (TPSA) is 21.1 Å². The summed E-state index contributed by atoms with van der Waals surface area (Å²) in [5.41, 5.74) is 22.5. The molecule has 0 amide bonds. The van der Waals surface area contributed by atoms with Gasteiger partial charge in [0.15, 0.2) is 0 Å². The number of para-hydroxylation sites is 2. The van der Waals surface area contributed by atoms with Gasteiger partial charge in [0.05, 0.1) is 16.7 Å². The van der Waals surface area contributed by atoms with Crippen LogP contribution in [0.3, 0.4) is 0 Å². The highest BCUT2D eigenvalue weighted by Crippen LogP contribution is 2.51. The van der Waals surface area contributed by atoms with Crippen LogP contribution in [0.1, 0.15) is 25.0 Å². The lowest BCUT2D eigenvalue weighted by Crippen LogP contribution is -2.16. The maximum absolute atomic E-state index is 5.37. The Balaban J connectivity index is 0.991. The summed E-state index contributed by atoms with van der Waals surface area (Å²) in [5.74, 6) is 0.933. The average Bonchev–Trinajstić information content (AvgIpc) is 3.78. The molecule has 0 saturated carbocycles. The van der Waals surface area contributed by atoms with Gasteiger partial charge in [0.25, 0.3) is 0 Å². The maximum atomic E-state index is 5.37. The number of imidazole rings is 1. The van der Waals surface area contributed by atoms with Crippen molar-refractivity contribution in [2.45, 2.75) is 19.3 Å². The van der Waals surface area contributed by atoms with Crippen molar-refractivity contribution in [3.63, 3.8) is 0 Å². The van der Waals surface area contributed by atoms with Crippen molar-refractivity contribution in [2.24, 2.45) is 0 Å². The highest BCUT2D eigenvalue weighted by atomic mass is 15.1. The van der Waals surface area contributed by atoms with Crippen LogP contribution in [-0.4, -0.2) is 9.55 Å². The first-order valence-corrected chi connectivity index (χ1v) is 21.1. The number of hydrogen-bond donors (Lipinski definition) is 0. The molecule has 2 heterocycles. The van der Waals surface area contributed by atoms with Crippen LogP contribution in [0, 0.1) is 0 Å². The molecule has 12 rings (SSSR count). The Kier molecular flexibility index (Phi) is 7.88. The van der Waals surface area contributed by atoms with Gasteiger partial charge in [-0.15, -0.1) is 0 Å². The summed E-state index contributed by atoms with van der Waals surface area (Å²) in [4.78, 5) is 7.78. The molecule has 0 radical (unpaired) electrons. The molecule has 2 aliphatic rings. The third-order valence-electron chi connectivity index (χ3n) is 12.9. The van der Waals surface area contributed by atoms with Crippen molar-refractivity contribution in [1.29, 1.82) is 0 Å². The van der Waals surface area contributed by atoms with Crippen LogP contribution in [0.5, 0.6) is 0 Å².